The zero-order chi connectivity index (χ0) is 17.8. The van der Waals surface area contributed by atoms with Gasteiger partial charge in [0.1, 0.15) is 11.6 Å². The van der Waals surface area contributed by atoms with Gasteiger partial charge in [-0.25, -0.2) is 9.97 Å². The molecule has 1 aliphatic carbocycles. The quantitative estimate of drug-likeness (QED) is 0.865. The molecule has 0 amide bonds. The first-order chi connectivity index (χ1) is 12.8. The van der Waals surface area contributed by atoms with Crippen LogP contribution in [0.3, 0.4) is 0 Å². The Morgan fingerprint density at radius 1 is 1.12 bits per heavy atom. The van der Waals surface area contributed by atoms with Crippen LogP contribution in [0.1, 0.15) is 75.2 Å². The average molecular weight is 359 g/mol. The van der Waals surface area contributed by atoms with Gasteiger partial charge in [-0.05, 0) is 52.1 Å². The van der Waals surface area contributed by atoms with E-state index in [9.17, 15) is 0 Å². The maximum absolute atomic E-state index is 5.55. The Kier molecular flexibility index (Phi) is 5.75. The van der Waals surface area contributed by atoms with Gasteiger partial charge < -0.3 is 10.1 Å². The van der Waals surface area contributed by atoms with E-state index in [-0.39, 0.29) is 0 Å². The van der Waals surface area contributed by atoms with Crippen LogP contribution in [0.4, 0.5) is 5.82 Å². The van der Waals surface area contributed by atoms with Crippen LogP contribution < -0.4 is 5.32 Å². The van der Waals surface area contributed by atoms with Crippen LogP contribution in [0.5, 0.6) is 0 Å². The lowest BCUT2D eigenvalue weighted by Gasteiger charge is -2.48. The van der Waals surface area contributed by atoms with Crippen LogP contribution in [0.15, 0.2) is 6.07 Å². The first kappa shape index (κ1) is 18.2. The smallest absolute Gasteiger partial charge is 0.130 e. The lowest BCUT2D eigenvalue weighted by molar-refractivity contribution is 0.0437. The number of aromatic nitrogens is 2. The highest BCUT2D eigenvalue weighted by Gasteiger charge is 2.38. The van der Waals surface area contributed by atoms with E-state index in [4.69, 9.17) is 4.74 Å². The van der Waals surface area contributed by atoms with Gasteiger partial charge in [0.25, 0.3) is 0 Å². The van der Waals surface area contributed by atoms with Gasteiger partial charge in [-0.15, -0.1) is 0 Å². The molecule has 5 nitrogen and oxygen atoms in total. The van der Waals surface area contributed by atoms with Crippen LogP contribution in [0, 0.1) is 6.92 Å². The average Bonchev–Trinajstić information content (AvgIpc) is 3.22. The van der Waals surface area contributed by atoms with Crippen molar-refractivity contribution in [2.45, 2.75) is 76.2 Å². The van der Waals surface area contributed by atoms with E-state index in [1.807, 2.05) is 6.92 Å². The van der Waals surface area contributed by atoms with Crippen molar-refractivity contribution in [3.05, 3.63) is 17.6 Å². The summed E-state index contributed by atoms with van der Waals surface area (Å²) in [6.07, 6.45) is 12.0. The van der Waals surface area contributed by atoms with E-state index in [0.29, 0.717) is 11.5 Å². The van der Waals surface area contributed by atoms with Gasteiger partial charge in [0, 0.05) is 30.7 Å². The minimum Gasteiger partial charge on any atom is -0.381 e. The topological polar surface area (TPSA) is 50.3 Å². The molecular weight excluding hydrogens is 324 g/mol. The Bertz CT molecular complexity index is 588. The number of anilines is 1. The van der Waals surface area contributed by atoms with Gasteiger partial charge in [-0.1, -0.05) is 25.7 Å². The van der Waals surface area contributed by atoms with Crippen molar-refractivity contribution in [2.24, 2.45) is 0 Å². The van der Waals surface area contributed by atoms with Crippen molar-refractivity contribution in [1.82, 2.24) is 14.9 Å². The summed E-state index contributed by atoms with van der Waals surface area (Å²) >= 11 is 0. The van der Waals surface area contributed by atoms with Crippen molar-refractivity contribution in [3.63, 3.8) is 0 Å². The van der Waals surface area contributed by atoms with Crippen LogP contribution in [0.2, 0.25) is 0 Å². The summed E-state index contributed by atoms with van der Waals surface area (Å²) in [4.78, 5) is 12.2. The first-order valence-corrected chi connectivity index (χ1v) is 10.7. The lowest BCUT2D eigenvalue weighted by atomic mass is 9.79. The van der Waals surface area contributed by atoms with E-state index in [1.54, 1.807) is 0 Å². The largest absolute Gasteiger partial charge is 0.381 e. The number of hydrogen-bond acceptors (Lipinski definition) is 5. The number of hydrogen-bond donors (Lipinski definition) is 1. The highest BCUT2D eigenvalue weighted by molar-refractivity contribution is 5.38. The van der Waals surface area contributed by atoms with E-state index in [2.05, 4.69) is 26.3 Å². The van der Waals surface area contributed by atoms with Gasteiger partial charge in [-0.3, -0.25) is 4.90 Å². The maximum atomic E-state index is 5.55. The molecule has 1 N–H and O–H groups in total. The molecule has 0 aromatic carbocycles. The first-order valence-electron chi connectivity index (χ1n) is 10.7. The monoisotopic (exact) mass is 358 g/mol. The second-order valence-electron chi connectivity index (χ2n) is 8.47. The molecular formula is C21H34N4O. The molecule has 4 rings (SSSR count). The van der Waals surface area contributed by atoms with E-state index in [1.165, 1.54) is 64.5 Å². The van der Waals surface area contributed by atoms with E-state index < -0.39 is 0 Å². The van der Waals surface area contributed by atoms with Crippen LogP contribution in [0.25, 0.3) is 0 Å². The highest BCUT2D eigenvalue weighted by Crippen LogP contribution is 2.36. The summed E-state index contributed by atoms with van der Waals surface area (Å²) in [6, 6.07) is 2.17. The Hall–Kier alpha value is -1.20. The number of rotatable bonds is 5. The zero-order valence-corrected chi connectivity index (χ0v) is 16.3. The Morgan fingerprint density at radius 3 is 2.62 bits per heavy atom. The number of piperidine rings is 1. The fraction of sp³-hybridized carbons (Fsp3) is 0.810. The van der Waals surface area contributed by atoms with Crippen molar-refractivity contribution in [2.75, 3.05) is 38.2 Å². The molecule has 0 bridgehead atoms. The molecule has 1 aromatic rings. The summed E-state index contributed by atoms with van der Waals surface area (Å²) in [6.45, 7) is 7.22. The second-order valence-corrected chi connectivity index (χ2v) is 8.47. The van der Waals surface area contributed by atoms with Crippen molar-refractivity contribution in [3.8, 4) is 0 Å². The molecule has 2 aliphatic heterocycles. The predicted molar refractivity (Wildman–Crippen MR) is 105 cm³/mol. The van der Waals surface area contributed by atoms with Crippen molar-refractivity contribution < 1.29 is 4.74 Å². The maximum Gasteiger partial charge on any atom is 0.130 e. The fourth-order valence-corrected chi connectivity index (χ4v) is 5.10. The van der Waals surface area contributed by atoms with Gasteiger partial charge in [0.05, 0.1) is 12.3 Å². The molecule has 144 valence electrons. The zero-order valence-electron chi connectivity index (χ0n) is 16.3. The number of nitrogens with one attached hydrogen (secondary N) is 1. The third-order valence-electron chi connectivity index (χ3n) is 6.62. The molecule has 26 heavy (non-hydrogen) atoms. The normalized spacial score (nSPS) is 26.7. The molecule has 1 saturated carbocycles. The molecule has 1 atom stereocenters. The molecule has 0 radical (unpaired) electrons. The fourth-order valence-electron chi connectivity index (χ4n) is 5.10. The molecule has 3 fully saturated rings. The van der Waals surface area contributed by atoms with Crippen LogP contribution in [-0.4, -0.2) is 53.3 Å². The van der Waals surface area contributed by atoms with Gasteiger partial charge >= 0.3 is 0 Å². The third kappa shape index (κ3) is 4.04. The minimum absolute atomic E-state index is 0.328. The molecule has 1 aromatic heterocycles. The second kappa shape index (κ2) is 8.22. The summed E-state index contributed by atoms with van der Waals surface area (Å²) in [5, 5.41) is 3.72. The highest BCUT2D eigenvalue weighted by atomic mass is 16.5. The molecule has 5 heteroatoms. The number of likely N-dealkylation sites (tertiary alicyclic amines) is 1. The SMILES string of the molecule is Cc1nc(NCC2(N3CCCCC3)CCCCC2)cc([C@H]2CCOC2)n1. The number of ether oxygens (including phenoxy) is 1. The third-order valence-corrected chi connectivity index (χ3v) is 6.62. The standard InChI is InChI=1S/C21H34N4O/c1-17-23-19(18-8-13-26-15-18)14-20(24-17)22-16-21(9-4-2-5-10-21)25-11-6-3-7-12-25/h14,18H,2-13,15-16H2,1H3,(H,22,23,24)/t18-/m0/s1. The van der Waals surface area contributed by atoms with Crippen LogP contribution in [-0.2, 0) is 4.74 Å². The molecule has 3 heterocycles. The summed E-state index contributed by atoms with van der Waals surface area (Å²) in [7, 11) is 0. The Morgan fingerprint density at radius 2 is 1.88 bits per heavy atom. The minimum atomic E-state index is 0.328. The summed E-state index contributed by atoms with van der Waals surface area (Å²) < 4.78 is 5.55. The lowest BCUT2D eigenvalue weighted by Crippen LogP contribution is -2.56. The van der Waals surface area contributed by atoms with Crippen LogP contribution >= 0.6 is 0 Å². The molecule has 0 unspecified atom stereocenters. The predicted octanol–water partition coefficient (Wildman–Crippen LogP) is 3.89. The van der Waals surface area contributed by atoms with Gasteiger partial charge in [0.15, 0.2) is 0 Å². The van der Waals surface area contributed by atoms with Crippen molar-refractivity contribution in [1.29, 1.82) is 0 Å². The van der Waals surface area contributed by atoms with Crippen molar-refractivity contribution >= 4 is 5.82 Å². The van der Waals surface area contributed by atoms with Gasteiger partial charge in [0.2, 0.25) is 0 Å². The van der Waals surface area contributed by atoms with Gasteiger partial charge in [-0.2, -0.15) is 0 Å². The summed E-state index contributed by atoms with van der Waals surface area (Å²) in [5.41, 5.74) is 1.47. The van der Waals surface area contributed by atoms with E-state index in [0.717, 1.165) is 43.5 Å². The Labute approximate surface area is 157 Å². The summed E-state index contributed by atoms with van der Waals surface area (Å²) in [5.74, 6) is 2.30. The molecule has 3 aliphatic rings. The number of aryl methyl sites for hydroxylation is 1. The van der Waals surface area contributed by atoms with E-state index >= 15 is 0 Å². The molecule has 0 spiro atoms. The molecule has 2 saturated heterocycles. The Balaban J connectivity index is 1.48. The number of nitrogens with zero attached hydrogens (tertiary/aromatic N) is 3.